The third kappa shape index (κ3) is 1.60. The van der Waals surface area contributed by atoms with Gasteiger partial charge in [-0.3, -0.25) is 4.57 Å². The minimum absolute atomic E-state index is 0.255. The smallest absolute Gasteiger partial charge is 0.179 e. The van der Waals surface area contributed by atoms with Gasteiger partial charge < -0.3 is 4.98 Å². The van der Waals surface area contributed by atoms with Crippen LogP contribution >= 0.6 is 12.2 Å². The maximum Gasteiger partial charge on any atom is 0.179 e. The Morgan fingerprint density at radius 3 is 2.43 bits per heavy atom. The average molecular weight is 299 g/mol. The third-order valence-electron chi connectivity index (χ3n) is 6.27. The van der Waals surface area contributed by atoms with Crippen LogP contribution in [0.15, 0.2) is 12.3 Å². The summed E-state index contributed by atoms with van der Waals surface area (Å²) in [4.78, 5) is 8.12. The zero-order chi connectivity index (χ0) is 14.2. The molecular formula is C17H21N3S. The Morgan fingerprint density at radius 2 is 1.81 bits per heavy atom. The number of aryl methyl sites for hydroxylation is 1. The molecule has 3 nitrogen and oxygen atoms in total. The van der Waals surface area contributed by atoms with E-state index in [1.54, 1.807) is 0 Å². The van der Waals surface area contributed by atoms with E-state index in [9.17, 15) is 0 Å². The highest BCUT2D eigenvalue weighted by atomic mass is 32.1. The van der Waals surface area contributed by atoms with Gasteiger partial charge in [-0.05, 0) is 87.1 Å². The molecule has 0 radical (unpaired) electrons. The molecule has 0 atom stereocenters. The first-order valence-electron chi connectivity index (χ1n) is 8.21. The SMILES string of the molecule is Cc1ccnc2c1[nH]c(=S)n2C12CC3CC(CC(C3)C1)C2. The molecule has 21 heavy (non-hydrogen) atoms. The molecule has 0 aromatic carbocycles. The van der Waals surface area contributed by atoms with E-state index >= 15 is 0 Å². The topological polar surface area (TPSA) is 33.6 Å². The van der Waals surface area contributed by atoms with Crippen LogP contribution in [0.25, 0.3) is 11.2 Å². The average Bonchev–Trinajstić information content (AvgIpc) is 2.75. The summed E-state index contributed by atoms with van der Waals surface area (Å²) in [5.41, 5.74) is 3.72. The van der Waals surface area contributed by atoms with Crippen LogP contribution < -0.4 is 0 Å². The van der Waals surface area contributed by atoms with Crippen molar-refractivity contribution in [1.82, 2.24) is 14.5 Å². The molecule has 4 heteroatoms. The van der Waals surface area contributed by atoms with Crippen LogP contribution in [-0.4, -0.2) is 14.5 Å². The van der Waals surface area contributed by atoms with E-state index < -0.39 is 0 Å². The lowest BCUT2D eigenvalue weighted by molar-refractivity contribution is -0.0419. The van der Waals surface area contributed by atoms with Gasteiger partial charge in [-0.2, -0.15) is 0 Å². The molecule has 4 aliphatic carbocycles. The standard InChI is InChI=1S/C17H21N3S/c1-10-2-3-18-15-14(10)19-16(21)20(15)17-7-11-4-12(8-17)6-13(5-11)9-17/h2-3,11-13H,4-9H2,1H3,(H,19,21). The van der Waals surface area contributed by atoms with Crippen molar-refractivity contribution in [2.75, 3.05) is 0 Å². The monoisotopic (exact) mass is 299 g/mol. The molecule has 0 amide bonds. The van der Waals surface area contributed by atoms with Gasteiger partial charge in [-0.1, -0.05) is 0 Å². The Morgan fingerprint density at radius 1 is 1.19 bits per heavy atom. The molecule has 6 rings (SSSR count). The van der Waals surface area contributed by atoms with Crippen LogP contribution in [0.1, 0.15) is 44.1 Å². The van der Waals surface area contributed by atoms with E-state index in [1.165, 1.54) is 44.1 Å². The van der Waals surface area contributed by atoms with Crippen LogP contribution in [0.3, 0.4) is 0 Å². The first-order valence-corrected chi connectivity index (χ1v) is 8.62. The third-order valence-corrected chi connectivity index (χ3v) is 6.55. The largest absolute Gasteiger partial charge is 0.329 e. The minimum atomic E-state index is 0.255. The summed E-state index contributed by atoms with van der Waals surface area (Å²) in [5, 5.41) is 0. The molecule has 4 bridgehead atoms. The lowest BCUT2D eigenvalue weighted by Crippen LogP contribution is -2.51. The van der Waals surface area contributed by atoms with E-state index in [2.05, 4.69) is 27.5 Å². The fraction of sp³-hybridized carbons (Fsp3) is 0.647. The summed E-state index contributed by atoms with van der Waals surface area (Å²) >= 11 is 5.72. The first-order chi connectivity index (χ1) is 10.1. The molecule has 4 aliphatic rings. The first kappa shape index (κ1) is 12.4. The molecule has 0 unspecified atom stereocenters. The second-order valence-electron chi connectivity index (χ2n) is 7.73. The van der Waals surface area contributed by atoms with Crippen LogP contribution in [0.4, 0.5) is 0 Å². The fourth-order valence-electron chi connectivity index (χ4n) is 5.91. The molecule has 1 N–H and O–H groups in total. The van der Waals surface area contributed by atoms with Gasteiger partial charge in [0.05, 0.1) is 5.52 Å². The van der Waals surface area contributed by atoms with E-state index in [4.69, 9.17) is 12.2 Å². The second kappa shape index (κ2) is 3.97. The molecule has 0 spiro atoms. The Balaban J connectivity index is 1.76. The van der Waals surface area contributed by atoms with E-state index in [0.29, 0.717) is 0 Å². The number of fused-ring (bicyclic) bond motifs is 1. The van der Waals surface area contributed by atoms with Crippen molar-refractivity contribution >= 4 is 23.4 Å². The Bertz CT molecular complexity index is 750. The van der Waals surface area contributed by atoms with Gasteiger partial charge >= 0.3 is 0 Å². The Kier molecular flexibility index (Phi) is 2.35. The van der Waals surface area contributed by atoms with Crippen molar-refractivity contribution in [2.24, 2.45) is 17.8 Å². The number of hydrogen-bond acceptors (Lipinski definition) is 2. The number of H-pyrrole nitrogens is 1. The predicted octanol–water partition coefficient (Wildman–Crippen LogP) is 4.33. The summed E-state index contributed by atoms with van der Waals surface area (Å²) in [7, 11) is 0. The van der Waals surface area contributed by atoms with E-state index in [-0.39, 0.29) is 5.54 Å². The molecule has 0 saturated heterocycles. The predicted molar refractivity (Wildman–Crippen MR) is 85.8 cm³/mol. The number of nitrogens with zero attached hydrogens (tertiary/aromatic N) is 2. The highest BCUT2D eigenvalue weighted by molar-refractivity contribution is 7.71. The van der Waals surface area contributed by atoms with Gasteiger partial charge in [0.1, 0.15) is 0 Å². The molecule has 4 saturated carbocycles. The van der Waals surface area contributed by atoms with E-state index in [1.807, 2.05) is 6.20 Å². The molecular weight excluding hydrogens is 278 g/mol. The normalized spacial score (nSPS) is 37.5. The van der Waals surface area contributed by atoms with Crippen LogP contribution in [0.2, 0.25) is 0 Å². The molecule has 110 valence electrons. The van der Waals surface area contributed by atoms with E-state index in [0.717, 1.165) is 33.7 Å². The lowest BCUT2D eigenvalue weighted by atomic mass is 9.53. The lowest BCUT2D eigenvalue weighted by Gasteiger charge is -2.57. The van der Waals surface area contributed by atoms with Crippen LogP contribution in [-0.2, 0) is 5.54 Å². The summed E-state index contributed by atoms with van der Waals surface area (Å²) < 4.78 is 3.29. The maximum absolute atomic E-state index is 5.72. The van der Waals surface area contributed by atoms with Gasteiger partial charge in [0.2, 0.25) is 0 Å². The zero-order valence-corrected chi connectivity index (χ0v) is 13.2. The molecule has 4 fully saturated rings. The van der Waals surface area contributed by atoms with Crippen molar-refractivity contribution in [3.8, 4) is 0 Å². The van der Waals surface area contributed by atoms with Gasteiger partial charge in [0, 0.05) is 11.7 Å². The highest BCUT2D eigenvalue weighted by Gasteiger charge is 2.52. The van der Waals surface area contributed by atoms with Crippen molar-refractivity contribution in [2.45, 2.75) is 51.0 Å². The Labute approximate surface area is 129 Å². The van der Waals surface area contributed by atoms with Crippen molar-refractivity contribution in [1.29, 1.82) is 0 Å². The number of imidazole rings is 1. The molecule has 0 aliphatic heterocycles. The number of pyridine rings is 1. The Hall–Kier alpha value is -1.16. The van der Waals surface area contributed by atoms with Gasteiger partial charge in [0.25, 0.3) is 0 Å². The number of aromatic nitrogens is 3. The highest BCUT2D eigenvalue weighted by Crippen LogP contribution is 2.59. The number of hydrogen-bond donors (Lipinski definition) is 1. The zero-order valence-electron chi connectivity index (χ0n) is 12.4. The second-order valence-corrected chi connectivity index (χ2v) is 8.12. The molecule has 2 aromatic heterocycles. The summed E-state index contributed by atoms with van der Waals surface area (Å²) in [6.45, 7) is 2.14. The van der Waals surface area contributed by atoms with Gasteiger partial charge in [0.15, 0.2) is 10.4 Å². The summed E-state index contributed by atoms with van der Waals surface area (Å²) in [6.07, 6.45) is 10.3. The number of aromatic amines is 1. The fourth-order valence-corrected chi connectivity index (χ4v) is 6.29. The molecule has 2 heterocycles. The maximum atomic E-state index is 5.72. The minimum Gasteiger partial charge on any atom is -0.329 e. The van der Waals surface area contributed by atoms with Crippen molar-refractivity contribution < 1.29 is 0 Å². The van der Waals surface area contributed by atoms with Gasteiger partial charge in [-0.25, -0.2) is 4.98 Å². The van der Waals surface area contributed by atoms with Gasteiger partial charge in [-0.15, -0.1) is 0 Å². The summed E-state index contributed by atoms with van der Waals surface area (Å²) in [5.74, 6) is 2.77. The quantitative estimate of drug-likeness (QED) is 0.795. The van der Waals surface area contributed by atoms with Crippen molar-refractivity contribution in [3.63, 3.8) is 0 Å². The van der Waals surface area contributed by atoms with Crippen molar-refractivity contribution in [3.05, 3.63) is 22.6 Å². The number of nitrogens with one attached hydrogen (secondary N) is 1. The molecule has 2 aromatic rings. The van der Waals surface area contributed by atoms with Crippen LogP contribution in [0, 0.1) is 29.4 Å². The summed E-state index contributed by atoms with van der Waals surface area (Å²) in [6, 6.07) is 2.07. The van der Waals surface area contributed by atoms with Crippen LogP contribution in [0.5, 0.6) is 0 Å². The number of rotatable bonds is 1.